The van der Waals surface area contributed by atoms with Gasteiger partial charge in [-0.05, 0) is 30.2 Å². The molecule has 0 bridgehead atoms. The summed E-state index contributed by atoms with van der Waals surface area (Å²) in [6.07, 6.45) is 1.86. The molecule has 2 aromatic carbocycles. The largest absolute Gasteiger partial charge is 0.365 e. The van der Waals surface area contributed by atoms with E-state index >= 15 is 0 Å². The van der Waals surface area contributed by atoms with Crippen LogP contribution in [0.1, 0.15) is 29.1 Å². The number of nitrogens with two attached hydrogens (primary N) is 1. The fourth-order valence-electron chi connectivity index (χ4n) is 3.29. The summed E-state index contributed by atoms with van der Waals surface area (Å²) in [4.78, 5) is 14.6. The van der Waals surface area contributed by atoms with Gasteiger partial charge < -0.3 is 10.6 Å². The van der Waals surface area contributed by atoms with E-state index in [2.05, 4.69) is 15.2 Å². The van der Waals surface area contributed by atoms with Gasteiger partial charge in [0.1, 0.15) is 16.9 Å². The standard InChI is InChI=1S/C21H20FN5OS/c1-14-19(20(23)28)29-21(27(14)12-15-5-3-2-4-6-15)18-13-26(25-24-18)11-16-7-9-17(22)10-8-16/h2-10,13,21H,11-12H2,1H3,(H2,23,28). The Labute approximate surface area is 172 Å². The number of hydrogen-bond donors (Lipinski definition) is 1. The number of nitrogens with zero attached hydrogens (tertiary/aromatic N) is 4. The predicted molar refractivity (Wildman–Crippen MR) is 110 cm³/mol. The Kier molecular flexibility index (Phi) is 5.35. The highest BCUT2D eigenvalue weighted by molar-refractivity contribution is 8.04. The molecule has 0 aliphatic carbocycles. The predicted octanol–water partition coefficient (Wildman–Crippen LogP) is 3.43. The molecule has 4 rings (SSSR count). The van der Waals surface area contributed by atoms with Crippen LogP contribution in [0.2, 0.25) is 0 Å². The molecular weight excluding hydrogens is 389 g/mol. The van der Waals surface area contributed by atoms with Crippen molar-refractivity contribution in [2.45, 2.75) is 25.4 Å². The fourth-order valence-corrected chi connectivity index (χ4v) is 4.50. The minimum atomic E-state index is -0.438. The lowest BCUT2D eigenvalue weighted by Crippen LogP contribution is -2.22. The number of rotatable bonds is 6. The molecule has 29 heavy (non-hydrogen) atoms. The molecule has 6 nitrogen and oxygen atoms in total. The molecule has 148 valence electrons. The molecule has 1 aliphatic heterocycles. The highest BCUT2D eigenvalue weighted by atomic mass is 32.2. The Morgan fingerprint density at radius 3 is 2.48 bits per heavy atom. The molecule has 0 saturated carbocycles. The van der Waals surface area contributed by atoms with Crippen LogP contribution in [0.15, 0.2) is 71.4 Å². The van der Waals surface area contributed by atoms with E-state index in [1.54, 1.807) is 16.8 Å². The minimum absolute atomic E-state index is 0.195. The zero-order valence-corrected chi connectivity index (χ0v) is 16.6. The van der Waals surface area contributed by atoms with Crippen molar-refractivity contribution in [2.75, 3.05) is 0 Å². The van der Waals surface area contributed by atoms with Crippen LogP contribution in [0.5, 0.6) is 0 Å². The van der Waals surface area contributed by atoms with Crippen molar-refractivity contribution in [3.63, 3.8) is 0 Å². The Bertz CT molecular complexity index is 1050. The number of halogens is 1. The number of primary amides is 1. The van der Waals surface area contributed by atoms with E-state index in [-0.39, 0.29) is 11.2 Å². The van der Waals surface area contributed by atoms with Gasteiger partial charge in [0.2, 0.25) is 0 Å². The van der Waals surface area contributed by atoms with Crippen molar-refractivity contribution in [3.8, 4) is 0 Å². The van der Waals surface area contributed by atoms with Crippen LogP contribution in [0.25, 0.3) is 0 Å². The highest BCUT2D eigenvalue weighted by Crippen LogP contribution is 2.47. The highest BCUT2D eigenvalue weighted by Gasteiger charge is 2.35. The summed E-state index contributed by atoms with van der Waals surface area (Å²) < 4.78 is 14.8. The van der Waals surface area contributed by atoms with E-state index in [1.807, 2.05) is 43.5 Å². The number of carbonyl (C=O) groups is 1. The van der Waals surface area contributed by atoms with E-state index < -0.39 is 5.91 Å². The summed E-state index contributed by atoms with van der Waals surface area (Å²) in [5.74, 6) is -0.709. The third-order valence-corrected chi connectivity index (χ3v) is 6.21. The molecule has 8 heteroatoms. The van der Waals surface area contributed by atoms with Gasteiger partial charge in [-0.2, -0.15) is 0 Å². The van der Waals surface area contributed by atoms with Gasteiger partial charge in [0, 0.05) is 12.2 Å². The van der Waals surface area contributed by atoms with Gasteiger partial charge in [0.05, 0.1) is 17.6 Å². The number of benzene rings is 2. The Balaban J connectivity index is 1.58. The van der Waals surface area contributed by atoms with Gasteiger partial charge in [0.25, 0.3) is 5.91 Å². The van der Waals surface area contributed by atoms with Gasteiger partial charge in [-0.3, -0.25) is 4.79 Å². The van der Waals surface area contributed by atoms with E-state index in [4.69, 9.17) is 5.73 Å². The number of allylic oxidation sites excluding steroid dienone is 1. The first-order valence-corrected chi connectivity index (χ1v) is 10.0. The number of aromatic nitrogens is 3. The van der Waals surface area contributed by atoms with Crippen LogP contribution in [-0.2, 0) is 17.9 Å². The zero-order chi connectivity index (χ0) is 20.4. The van der Waals surface area contributed by atoms with Crippen LogP contribution < -0.4 is 5.73 Å². The lowest BCUT2D eigenvalue weighted by atomic mass is 10.2. The van der Waals surface area contributed by atoms with Crippen LogP contribution in [0.4, 0.5) is 4.39 Å². The van der Waals surface area contributed by atoms with Crippen molar-refractivity contribution >= 4 is 17.7 Å². The number of amides is 1. The van der Waals surface area contributed by atoms with Crippen molar-refractivity contribution < 1.29 is 9.18 Å². The number of carbonyl (C=O) groups excluding carboxylic acids is 1. The average Bonchev–Trinajstić information content (AvgIpc) is 3.29. The summed E-state index contributed by atoms with van der Waals surface area (Å²) in [5.41, 5.74) is 9.22. The van der Waals surface area contributed by atoms with Crippen molar-refractivity contribution in [1.82, 2.24) is 19.9 Å². The molecule has 0 fully saturated rings. The quantitative estimate of drug-likeness (QED) is 0.675. The van der Waals surface area contributed by atoms with Gasteiger partial charge >= 0.3 is 0 Å². The summed E-state index contributed by atoms with van der Waals surface area (Å²) in [7, 11) is 0. The number of thioether (sulfide) groups is 1. The average molecular weight is 409 g/mol. The fraction of sp³-hybridized carbons (Fsp3) is 0.190. The van der Waals surface area contributed by atoms with Crippen molar-refractivity contribution in [1.29, 1.82) is 0 Å². The monoisotopic (exact) mass is 409 g/mol. The summed E-state index contributed by atoms with van der Waals surface area (Å²) >= 11 is 1.39. The second-order valence-corrected chi connectivity index (χ2v) is 7.92. The molecule has 1 unspecified atom stereocenters. The first kappa shape index (κ1) is 19.2. The van der Waals surface area contributed by atoms with Crippen molar-refractivity contribution in [2.24, 2.45) is 5.73 Å². The molecule has 1 atom stereocenters. The Morgan fingerprint density at radius 1 is 1.10 bits per heavy atom. The molecule has 0 radical (unpaired) electrons. The minimum Gasteiger partial charge on any atom is -0.365 e. The molecule has 2 heterocycles. The lowest BCUT2D eigenvalue weighted by Gasteiger charge is -2.26. The maximum Gasteiger partial charge on any atom is 0.256 e. The Morgan fingerprint density at radius 2 is 1.79 bits per heavy atom. The molecule has 2 N–H and O–H groups in total. The topological polar surface area (TPSA) is 77.0 Å². The van der Waals surface area contributed by atoms with E-state index in [9.17, 15) is 9.18 Å². The maximum atomic E-state index is 13.1. The third-order valence-electron chi connectivity index (χ3n) is 4.76. The maximum absolute atomic E-state index is 13.1. The van der Waals surface area contributed by atoms with Gasteiger partial charge in [-0.15, -0.1) is 5.10 Å². The summed E-state index contributed by atoms with van der Waals surface area (Å²) in [6, 6.07) is 16.3. The summed E-state index contributed by atoms with van der Waals surface area (Å²) in [5, 5.41) is 8.35. The van der Waals surface area contributed by atoms with E-state index in [0.717, 1.165) is 22.5 Å². The van der Waals surface area contributed by atoms with Crippen LogP contribution in [0, 0.1) is 5.82 Å². The SMILES string of the molecule is CC1=C(C(N)=O)SC(c2cn(Cc3ccc(F)cc3)nn2)N1Cc1ccccc1. The van der Waals surface area contributed by atoms with Gasteiger partial charge in [0.15, 0.2) is 0 Å². The van der Waals surface area contributed by atoms with E-state index in [1.165, 1.54) is 23.9 Å². The molecule has 3 aromatic rings. The second-order valence-electron chi connectivity index (χ2n) is 6.83. The van der Waals surface area contributed by atoms with Gasteiger partial charge in [-0.1, -0.05) is 59.4 Å². The van der Waals surface area contributed by atoms with E-state index in [0.29, 0.717) is 18.0 Å². The lowest BCUT2D eigenvalue weighted by molar-refractivity contribution is -0.114. The van der Waals surface area contributed by atoms with Crippen LogP contribution in [-0.4, -0.2) is 25.8 Å². The third kappa shape index (κ3) is 4.17. The smallest absolute Gasteiger partial charge is 0.256 e. The normalized spacial score (nSPS) is 16.5. The molecule has 0 saturated heterocycles. The molecule has 1 aromatic heterocycles. The van der Waals surface area contributed by atoms with Gasteiger partial charge in [-0.25, -0.2) is 9.07 Å². The Hall–Kier alpha value is -3.13. The first-order valence-electron chi connectivity index (χ1n) is 9.13. The van der Waals surface area contributed by atoms with Crippen LogP contribution in [0.3, 0.4) is 0 Å². The molecular formula is C21H20FN5OS. The molecule has 1 aliphatic rings. The van der Waals surface area contributed by atoms with Crippen molar-refractivity contribution in [3.05, 3.63) is 94.0 Å². The summed E-state index contributed by atoms with van der Waals surface area (Å²) in [6.45, 7) is 3.02. The number of hydrogen-bond acceptors (Lipinski definition) is 5. The molecule has 1 amide bonds. The zero-order valence-electron chi connectivity index (χ0n) is 15.8. The molecule has 0 spiro atoms. The first-order chi connectivity index (χ1) is 14.0. The second kappa shape index (κ2) is 8.08. The van der Waals surface area contributed by atoms with Crippen LogP contribution >= 0.6 is 11.8 Å².